The summed E-state index contributed by atoms with van der Waals surface area (Å²) in [7, 11) is -1.72. The van der Waals surface area contributed by atoms with Crippen molar-refractivity contribution in [2.24, 2.45) is 10.8 Å². The molecule has 3 atom stereocenters. The fourth-order valence-corrected chi connectivity index (χ4v) is 6.33. The molecular formula is C20H36O2Si. The minimum Gasteiger partial charge on any atom is -0.416 e. The molecule has 1 N–H and O–H groups in total. The second-order valence-electron chi connectivity index (χ2n) is 10.3. The van der Waals surface area contributed by atoms with Crippen LogP contribution in [-0.4, -0.2) is 25.6 Å². The molecule has 0 radical (unpaired) electrons. The van der Waals surface area contributed by atoms with Crippen molar-refractivity contribution in [3.63, 3.8) is 0 Å². The third-order valence-electron chi connectivity index (χ3n) is 8.06. The number of fused-ring (bicyclic) bond motifs is 1. The summed E-state index contributed by atoms with van der Waals surface area (Å²) in [5, 5.41) is 11.2. The van der Waals surface area contributed by atoms with Crippen LogP contribution in [0.1, 0.15) is 72.1 Å². The molecule has 2 nitrogen and oxygen atoms in total. The molecule has 2 bridgehead atoms. The maximum atomic E-state index is 11.0. The fraction of sp³-hybridized carbons (Fsp3) is 0.900. The van der Waals surface area contributed by atoms with E-state index >= 15 is 0 Å². The molecule has 0 amide bonds. The first kappa shape index (κ1) is 17.7. The number of aliphatic hydroxyl groups is 1. The van der Waals surface area contributed by atoms with Crippen LogP contribution in [0.4, 0.5) is 0 Å². The SMILES string of the molecule is C=C1C[C@@]23CCCC[C@@]2(CO[Si](C)(C)C(C)(C)C)CC[C@]1(O)C3. The average Bonchev–Trinajstić information content (AvgIpc) is 2.64. The van der Waals surface area contributed by atoms with Gasteiger partial charge in [0.25, 0.3) is 0 Å². The van der Waals surface area contributed by atoms with E-state index in [9.17, 15) is 5.11 Å². The van der Waals surface area contributed by atoms with Gasteiger partial charge in [0.1, 0.15) is 0 Å². The summed E-state index contributed by atoms with van der Waals surface area (Å²) in [4.78, 5) is 0. The summed E-state index contributed by atoms with van der Waals surface area (Å²) < 4.78 is 6.73. The first-order valence-corrected chi connectivity index (χ1v) is 12.4. The van der Waals surface area contributed by atoms with Crippen molar-refractivity contribution in [1.29, 1.82) is 0 Å². The maximum absolute atomic E-state index is 11.0. The van der Waals surface area contributed by atoms with Crippen molar-refractivity contribution in [2.45, 2.75) is 95.9 Å². The summed E-state index contributed by atoms with van der Waals surface area (Å²) in [6.45, 7) is 16.9. The first-order chi connectivity index (χ1) is 10.5. The predicted molar refractivity (Wildman–Crippen MR) is 99.0 cm³/mol. The Balaban J connectivity index is 1.86. The summed E-state index contributed by atoms with van der Waals surface area (Å²) >= 11 is 0. The topological polar surface area (TPSA) is 29.5 Å². The Morgan fingerprint density at radius 3 is 2.43 bits per heavy atom. The summed E-state index contributed by atoms with van der Waals surface area (Å²) in [5.74, 6) is 0. The quantitative estimate of drug-likeness (QED) is 0.550. The molecular weight excluding hydrogens is 300 g/mol. The monoisotopic (exact) mass is 336 g/mol. The highest BCUT2D eigenvalue weighted by Gasteiger charge is 2.64. The highest BCUT2D eigenvalue weighted by molar-refractivity contribution is 6.74. The molecule has 3 aliphatic rings. The van der Waals surface area contributed by atoms with Crippen molar-refractivity contribution >= 4 is 8.32 Å². The van der Waals surface area contributed by atoms with Crippen LogP contribution in [0.5, 0.6) is 0 Å². The van der Waals surface area contributed by atoms with Crippen LogP contribution in [-0.2, 0) is 4.43 Å². The van der Waals surface area contributed by atoms with Gasteiger partial charge in [-0.15, -0.1) is 0 Å². The molecule has 0 aromatic carbocycles. The third kappa shape index (κ3) is 2.58. The molecule has 0 unspecified atom stereocenters. The van der Waals surface area contributed by atoms with Crippen LogP contribution in [0.2, 0.25) is 18.1 Å². The van der Waals surface area contributed by atoms with E-state index in [4.69, 9.17) is 4.43 Å². The second kappa shape index (κ2) is 5.19. The van der Waals surface area contributed by atoms with Gasteiger partial charge in [0.2, 0.25) is 0 Å². The lowest BCUT2D eigenvalue weighted by atomic mass is 9.51. The van der Waals surface area contributed by atoms with Crippen LogP contribution >= 0.6 is 0 Å². The Hall–Kier alpha value is -0.123. The van der Waals surface area contributed by atoms with Crippen molar-refractivity contribution in [2.75, 3.05) is 6.61 Å². The van der Waals surface area contributed by atoms with Crippen LogP contribution in [0.15, 0.2) is 12.2 Å². The molecule has 3 rings (SSSR count). The molecule has 3 saturated carbocycles. The van der Waals surface area contributed by atoms with Gasteiger partial charge < -0.3 is 9.53 Å². The van der Waals surface area contributed by atoms with E-state index < -0.39 is 13.9 Å². The number of hydrogen-bond donors (Lipinski definition) is 1. The van der Waals surface area contributed by atoms with Gasteiger partial charge in [-0.1, -0.05) is 40.2 Å². The van der Waals surface area contributed by atoms with Gasteiger partial charge in [0.05, 0.1) is 5.60 Å². The number of rotatable bonds is 3. The van der Waals surface area contributed by atoms with E-state index in [1.807, 2.05) is 0 Å². The minimum atomic E-state index is -1.72. The minimum absolute atomic E-state index is 0.262. The molecule has 3 aliphatic carbocycles. The summed E-state index contributed by atoms with van der Waals surface area (Å²) in [5.41, 5.74) is 1.08. The van der Waals surface area contributed by atoms with Gasteiger partial charge in [-0.3, -0.25) is 0 Å². The lowest BCUT2D eigenvalue weighted by Crippen LogP contribution is -2.54. The highest BCUT2D eigenvalue weighted by atomic mass is 28.4. The lowest BCUT2D eigenvalue weighted by Gasteiger charge is -2.57. The Labute approximate surface area is 143 Å². The molecule has 0 aromatic rings. The van der Waals surface area contributed by atoms with Crippen LogP contribution in [0.3, 0.4) is 0 Å². The molecule has 0 aromatic heterocycles. The largest absolute Gasteiger partial charge is 0.416 e. The molecule has 0 aliphatic heterocycles. The molecule has 132 valence electrons. The van der Waals surface area contributed by atoms with Crippen LogP contribution in [0, 0.1) is 10.8 Å². The van der Waals surface area contributed by atoms with E-state index in [0.29, 0.717) is 0 Å². The van der Waals surface area contributed by atoms with Gasteiger partial charge in [-0.2, -0.15) is 0 Å². The van der Waals surface area contributed by atoms with E-state index in [0.717, 1.165) is 37.9 Å². The van der Waals surface area contributed by atoms with Gasteiger partial charge in [-0.25, -0.2) is 0 Å². The Bertz CT molecular complexity index is 506. The second-order valence-corrected chi connectivity index (χ2v) is 15.1. The Morgan fingerprint density at radius 1 is 1.13 bits per heavy atom. The first-order valence-electron chi connectivity index (χ1n) is 9.50. The van der Waals surface area contributed by atoms with Gasteiger partial charge in [0, 0.05) is 6.61 Å². The summed E-state index contributed by atoms with van der Waals surface area (Å²) in [6.07, 6.45) is 9.18. The summed E-state index contributed by atoms with van der Waals surface area (Å²) in [6, 6.07) is 0. The molecule has 1 spiro atoms. The zero-order chi connectivity index (χ0) is 17.1. The Morgan fingerprint density at radius 2 is 1.78 bits per heavy atom. The van der Waals surface area contributed by atoms with Gasteiger partial charge in [-0.05, 0) is 73.1 Å². The van der Waals surface area contributed by atoms with Gasteiger partial charge >= 0.3 is 0 Å². The van der Waals surface area contributed by atoms with E-state index in [2.05, 4.69) is 40.4 Å². The predicted octanol–water partition coefficient (Wildman–Crippen LogP) is 5.43. The molecule has 23 heavy (non-hydrogen) atoms. The molecule has 0 saturated heterocycles. The van der Waals surface area contributed by atoms with E-state index in [1.54, 1.807) is 0 Å². The number of hydrogen-bond acceptors (Lipinski definition) is 2. The van der Waals surface area contributed by atoms with Crippen molar-refractivity contribution in [3.8, 4) is 0 Å². The standard InChI is InChI=1S/C20H36O2Si/c1-16-13-19-10-8-7-9-18(19,11-12-20(16,21)14-19)15-22-23(5,6)17(2,3)4/h21H,1,7-15H2,2-6H3/t18-,19+,20-/m0/s1. The fourth-order valence-electron chi connectivity index (χ4n) is 5.26. The van der Waals surface area contributed by atoms with Crippen molar-refractivity contribution in [3.05, 3.63) is 12.2 Å². The molecule has 0 heterocycles. The van der Waals surface area contributed by atoms with Crippen molar-refractivity contribution < 1.29 is 9.53 Å². The molecule has 3 heteroatoms. The smallest absolute Gasteiger partial charge is 0.192 e. The third-order valence-corrected chi connectivity index (χ3v) is 12.5. The van der Waals surface area contributed by atoms with E-state index in [-0.39, 0.29) is 15.9 Å². The zero-order valence-corrected chi connectivity index (χ0v) is 16.9. The zero-order valence-electron chi connectivity index (χ0n) is 15.9. The van der Waals surface area contributed by atoms with Gasteiger partial charge in [0.15, 0.2) is 8.32 Å². The lowest BCUT2D eigenvalue weighted by molar-refractivity contribution is -0.113. The van der Waals surface area contributed by atoms with E-state index in [1.165, 1.54) is 25.7 Å². The Kier molecular flexibility index (Phi) is 3.99. The normalized spacial score (nSPS) is 41.0. The average molecular weight is 337 g/mol. The molecule has 3 fully saturated rings. The highest BCUT2D eigenvalue weighted by Crippen LogP contribution is 2.69. The van der Waals surface area contributed by atoms with Crippen LogP contribution < -0.4 is 0 Å². The van der Waals surface area contributed by atoms with Crippen molar-refractivity contribution in [1.82, 2.24) is 0 Å². The maximum Gasteiger partial charge on any atom is 0.192 e. The van der Waals surface area contributed by atoms with Crippen LogP contribution in [0.25, 0.3) is 0 Å².